The van der Waals surface area contributed by atoms with Gasteiger partial charge < -0.3 is 11.1 Å². The van der Waals surface area contributed by atoms with E-state index in [1.807, 2.05) is 18.4 Å². The highest BCUT2D eigenvalue weighted by atomic mass is 32.2. The predicted octanol–water partition coefficient (Wildman–Crippen LogP) is 3.52. The summed E-state index contributed by atoms with van der Waals surface area (Å²) in [6.07, 6.45) is 1.87. The molecule has 3 nitrogen and oxygen atoms in total. The third-order valence-electron chi connectivity index (χ3n) is 2.70. The van der Waals surface area contributed by atoms with Crippen LogP contribution in [0, 0.1) is 11.6 Å². The smallest absolute Gasteiger partial charge is 0.255 e. The van der Waals surface area contributed by atoms with Crippen LogP contribution in [0.15, 0.2) is 41.3 Å². The highest BCUT2D eigenvalue weighted by Crippen LogP contribution is 2.25. The number of rotatable bonds is 3. The zero-order valence-corrected chi connectivity index (χ0v) is 11.4. The van der Waals surface area contributed by atoms with Gasteiger partial charge in [0, 0.05) is 10.5 Å². The molecule has 2 rings (SSSR count). The minimum atomic E-state index is -0.951. The molecule has 0 fully saturated rings. The van der Waals surface area contributed by atoms with E-state index in [0.29, 0.717) is 5.69 Å². The van der Waals surface area contributed by atoms with Crippen LogP contribution in [0.5, 0.6) is 0 Å². The minimum Gasteiger partial charge on any atom is -0.394 e. The van der Waals surface area contributed by atoms with Gasteiger partial charge in [-0.1, -0.05) is 12.1 Å². The van der Waals surface area contributed by atoms with Crippen molar-refractivity contribution in [1.82, 2.24) is 0 Å². The summed E-state index contributed by atoms with van der Waals surface area (Å²) >= 11 is 1.46. The van der Waals surface area contributed by atoms with Gasteiger partial charge in [0.05, 0.1) is 5.69 Å². The van der Waals surface area contributed by atoms with E-state index in [1.165, 1.54) is 11.8 Å². The average Bonchev–Trinajstić information content (AvgIpc) is 2.44. The number of carbonyl (C=O) groups excluding carboxylic acids is 1. The number of hydrogen-bond donors (Lipinski definition) is 2. The zero-order chi connectivity index (χ0) is 14.7. The Morgan fingerprint density at radius 1 is 1.20 bits per heavy atom. The maximum absolute atomic E-state index is 13.3. The van der Waals surface area contributed by atoms with Gasteiger partial charge in [-0.2, -0.15) is 0 Å². The number of carbonyl (C=O) groups is 1. The molecule has 6 heteroatoms. The molecule has 0 aliphatic carbocycles. The van der Waals surface area contributed by atoms with E-state index in [9.17, 15) is 13.6 Å². The molecule has 0 bridgehead atoms. The lowest BCUT2D eigenvalue weighted by molar-refractivity contribution is 0.102. The first kappa shape index (κ1) is 14.3. The summed E-state index contributed by atoms with van der Waals surface area (Å²) in [6, 6.07) is 8.98. The molecule has 0 aliphatic rings. The second-order valence-corrected chi connectivity index (χ2v) is 4.86. The molecule has 20 heavy (non-hydrogen) atoms. The van der Waals surface area contributed by atoms with Crippen molar-refractivity contribution < 1.29 is 13.6 Å². The van der Waals surface area contributed by atoms with E-state index in [2.05, 4.69) is 5.32 Å². The second kappa shape index (κ2) is 5.92. The lowest BCUT2D eigenvalue weighted by atomic mass is 10.1. The third-order valence-corrected chi connectivity index (χ3v) is 3.49. The Kier molecular flexibility index (Phi) is 4.24. The molecule has 0 saturated carbocycles. The van der Waals surface area contributed by atoms with E-state index in [1.54, 1.807) is 12.1 Å². The standard InChI is InChI=1S/C14H12F2N2OS/c1-20-12-5-3-2-4-11(12)18-14(19)8-6-9(15)13(17)10(16)7-8/h2-7H,17H2,1H3,(H,18,19). The molecule has 0 radical (unpaired) electrons. The summed E-state index contributed by atoms with van der Waals surface area (Å²) in [7, 11) is 0. The molecule has 0 aromatic heterocycles. The van der Waals surface area contributed by atoms with Crippen LogP contribution in [-0.2, 0) is 0 Å². The molecule has 0 aliphatic heterocycles. The maximum Gasteiger partial charge on any atom is 0.255 e. The topological polar surface area (TPSA) is 55.1 Å². The van der Waals surface area contributed by atoms with Gasteiger partial charge in [-0.3, -0.25) is 4.79 Å². The van der Waals surface area contributed by atoms with Gasteiger partial charge in [0.2, 0.25) is 0 Å². The largest absolute Gasteiger partial charge is 0.394 e. The molecule has 104 valence electrons. The fourth-order valence-electron chi connectivity index (χ4n) is 1.66. The van der Waals surface area contributed by atoms with Crippen molar-refractivity contribution in [3.63, 3.8) is 0 Å². The van der Waals surface area contributed by atoms with Crippen LogP contribution in [0.4, 0.5) is 20.2 Å². The number of nitrogens with one attached hydrogen (secondary N) is 1. The Bertz CT molecular complexity index is 638. The van der Waals surface area contributed by atoms with Crippen LogP contribution in [0.25, 0.3) is 0 Å². The van der Waals surface area contributed by atoms with Gasteiger partial charge >= 0.3 is 0 Å². The summed E-state index contributed by atoms with van der Waals surface area (Å²) in [5.74, 6) is -2.49. The van der Waals surface area contributed by atoms with E-state index >= 15 is 0 Å². The van der Waals surface area contributed by atoms with Crippen LogP contribution in [-0.4, -0.2) is 12.2 Å². The molecule has 1 amide bonds. The first-order valence-corrected chi connectivity index (χ1v) is 6.94. The summed E-state index contributed by atoms with van der Waals surface area (Å²) in [5.41, 5.74) is 5.04. The first-order chi connectivity index (χ1) is 9.52. The molecule has 0 atom stereocenters. The number of hydrogen-bond acceptors (Lipinski definition) is 3. The summed E-state index contributed by atoms with van der Waals surface area (Å²) in [6.45, 7) is 0. The van der Waals surface area contributed by atoms with E-state index in [0.717, 1.165) is 17.0 Å². The zero-order valence-electron chi connectivity index (χ0n) is 10.6. The van der Waals surface area contributed by atoms with E-state index in [-0.39, 0.29) is 5.56 Å². The van der Waals surface area contributed by atoms with Crippen LogP contribution in [0.2, 0.25) is 0 Å². The van der Waals surface area contributed by atoms with Crippen LogP contribution < -0.4 is 11.1 Å². The monoisotopic (exact) mass is 294 g/mol. The summed E-state index contributed by atoms with van der Waals surface area (Å²) < 4.78 is 26.7. The minimum absolute atomic E-state index is 0.120. The number of anilines is 2. The van der Waals surface area contributed by atoms with Crippen molar-refractivity contribution in [2.24, 2.45) is 0 Å². The molecule has 0 unspecified atom stereocenters. The number of halogens is 2. The van der Waals surface area contributed by atoms with Gasteiger partial charge in [0.1, 0.15) is 17.3 Å². The fourth-order valence-corrected chi connectivity index (χ4v) is 2.21. The lowest BCUT2D eigenvalue weighted by Gasteiger charge is -2.10. The van der Waals surface area contributed by atoms with Gasteiger partial charge in [0.15, 0.2) is 0 Å². The molecule has 0 spiro atoms. The SMILES string of the molecule is CSc1ccccc1NC(=O)c1cc(F)c(N)c(F)c1. The highest BCUT2D eigenvalue weighted by Gasteiger charge is 2.14. The summed E-state index contributed by atoms with van der Waals surface area (Å²) in [5, 5.41) is 2.62. The number of nitrogen functional groups attached to an aromatic ring is 1. The van der Waals surface area contributed by atoms with E-state index in [4.69, 9.17) is 5.73 Å². The molecule has 2 aromatic carbocycles. The molecular weight excluding hydrogens is 282 g/mol. The maximum atomic E-state index is 13.3. The molecule has 0 heterocycles. The molecular formula is C14H12F2N2OS. The van der Waals surface area contributed by atoms with Gasteiger partial charge in [-0.05, 0) is 30.5 Å². The van der Waals surface area contributed by atoms with Crippen molar-refractivity contribution >= 4 is 29.0 Å². The number of para-hydroxylation sites is 1. The molecule has 0 saturated heterocycles. The number of nitrogens with two attached hydrogens (primary N) is 1. The number of thioether (sulfide) groups is 1. The van der Waals surface area contributed by atoms with Crippen LogP contribution in [0.1, 0.15) is 10.4 Å². The Morgan fingerprint density at radius 3 is 2.40 bits per heavy atom. The number of amides is 1. The van der Waals surface area contributed by atoms with E-state index < -0.39 is 23.2 Å². The fraction of sp³-hybridized carbons (Fsp3) is 0.0714. The second-order valence-electron chi connectivity index (χ2n) is 4.01. The van der Waals surface area contributed by atoms with Crippen LogP contribution >= 0.6 is 11.8 Å². The highest BCUT2D eigenvalue weighted by molar-refractivity contribution is 7.98. The Morgan fingerprint density at radius 2 is 1.80 bits per heavy atom. The first-order valence-electron chi connectivity index (χ1n) is 5.72. The quantitative estimate of drug-likeness (QED) is 0.672. The molecule has 3 N–H and O–H groups in total. The van der Waals surface area contributed by atoms with Crippen molar-refractivity contribution in [2.45, 2.75) is 4.90 Å². The predicted molar refractivity (Wildman–Crippen MR) is 76.9 cm³/mol. The Balaban J connectivity index is 2.29. The van der Waals surface area contributed by atoms with Crippen molar-refractivity contribution in [1.29, 1.82) is 0 Å². The Hall–Kier alpha value is -2.08. The van der Waals surface area contributed by atoms with Crippen molar-refractivity contribution in [3.8, 4) is 0 Å². The normalized spacial score (nSPS) is 10.3. The summed E-state index contributed by atoms with van der Waals surface area (Å²) in [4.78, 5) is 12.9. The number of benzene rings is 2. The molecule has 2 aromatic rings. The average molecular weight is 294 g/mol. The lowest BCUT2D eigenvalue weighted by Crippen LogP contribution is -2.14. The Labute approximate surface area is 119 Å². The van der Waals surface area contributed by atoms with Crippen LogP contribution in [0.3, 0.4) is 0 Å². The van der Waals surface area contributed by atoms with Gasteiger partial charge in [0.25, 0.3) is 5.91 Å². The van der Waals surface area contributed by atoms with Crippen molar-refractivity contribution in [3.05, 3.63) is 53.6 Å². The van der Waals surface area contributed by atoms with Gasteiger partial charge in [-0.25, -0.2) is 8.78 Å². The van der Waals surface area contributed by atoms with Gasteiger partial charge in [-0.15, -0.1) is 11.8 Å². The van der Waals surface area contributed by atoms with Crippen molar-refractivity contribution in [2.75, 3.05) is 17.3 Å². The third kappa shape index (κ3) is 2.91.